The SMILES string of the molecule is C=C(CN1CCCCC1)C(=O)N1CC(S(=O)(=O)c2ccc(N3CC(F)(CN4CCC([C@@](CN5CCC5)(c5cccc(F)c5)[C@H]5CCC[C@@H]5NC(=O)O)CC4)C3)cc2)C1. The number of likely N-dealkylation sites (tertiary alicyclic amines) is 4. The van der Waals surface area contributed by atoms with Crippen molar-refractivity contribution in [1.29, 1.82) is 0 Å². The van der Waals surface area contributed by atoms with Crippen LogP contribution in [0.3, 0.4) is 0 Å². The first kappa shape index (κ1) is 41.2. The molecule has 3 atom stereocenters. The van der Waals surface area contributed by atoms with E-state index in [1.54, 1.807) is 41.3 Å². The quantitative estimate of drug-likeness (QED) is 0.249. The lowest BCUT2D eigenvalue weighted by molar-refractivity contribution is -0.130. The Bertz CT molecular complexity index is 1920. The predicted octanol–water partition coefficient (Wildman–Crippen LogP) is 5.17. The van der Waals surface area contributed by atoms with Crippen LogP contribution in [-0.4, -0.2) is 147 Å². The number of rotatable bonds is 14. The van der Waals surface area contributed by atoms with E-state index in [1.165, 1.54) is 12.5 Å². The molecular weight excluding hydrogens is 763 g/mol. The number of benzene rings is 2. The summed E-state index contributed by atoms with van der Waals surface area (Å²) in [5.74, 6) is -0.236. The molecule has 11 nitrogen and oxygen atoms in total. The lowest BCUT2D eigenvalue weighted by Crippen LogP contribution is -2.65. The van der Waals surface area contributed by atoms with Crippen molar-refractivity contribution in [1.82, 2.24) is 24.9 Å². The number of alkyl halides is 1. The van der Waals surface area contributed by atoms with E-state index >= 15 is 4.39 Å². The number of nitrogens with zero attached hydrogens (tertiary/aromatic N) is 5. The van der Waals surface area contributed by atoms with Crippen LogP contribution in [0.4, 0.5) is 19.3 Å². The summed E-state index contributed by atoms with van der Waals surface area (Å²) in [6.07, 6.45) is 7.75. The van der Waals surface area contributed by atoms with Crippen molar-refractivity contribution < 1.29 is 31.9 Å². The number of anilines is 1. The van der Waals surface area contributed by atoms with Crippen LogP contribution < -0.4 is 10.2 Å². The molecule has 316 valence electrons. The summed E-state index contributed by atoms with van der Waals surface area (Å²) in [6.45, 7) is 11.6. The van der Waals surface area contributed by atoms with Crippen LogP contribution in [0.15, 0.2) is 65.6 Å². The summed E-state index contributed by atoms with van der Waals surface area (Å²) in [7, 11) is -3.63. The molecule has 0 unspecified atom stereocenters. The summed E-state index contributed by atoms with van der Waals surface area (Å²) in [4.78, 5) is 35.5. The van der Waals surface area contributed by atoms with Gasteiger partial charge in [0.1, 0.15) is 11.1 Å². The van der Waals surface area contributed by atoms with Crippen molar-refractivity contribution in [2.75, 3.05) is 90.0 Å². The molecule has 6 fully saturated rings. The fourth-order valence-electron chi connectivity index (χ4n) is 11.1. The van der Waals surface area contributed by atoms with Crippen LogP contribution in [0.2, 0.25) is 0 Å². The number of carboxylic acid groups (broad SMARTS) is 1. The Morgan fingerprint density at radius 3 is 2.19 bits per heavy atom. The van der Waals surface area contributed by atoms with Gasteiger partial charge in [-0.25, -0.2) is 22.0 Å². The van der Waals surface area contributed by atoms with Gasteiger partial charge in [-0.15, -0.1) is 0 Å². The smallest absolute Gasteiger partial charge is 0.404 e. The molecule has 0 spiro atoms. The molecule has 1 aliphatic carbocycles. The van der Waals surface area contributed by atoms with Gasteiger partial charge in [-0.1, -0.05) is 31.6 Å². The first-order valence-electron chi connectivity index (χ1n) is 21.5. The van der Waals surface area contributed by atoms with Gasteiger partial charge in [0.05, 0.1) is 18.0 Å². The van der Waals surface area contributed by atoms with E-state index < -0.39 is 32.3 Å². The van der Waals surface area contributed by atoms with Crippen LogP contribution in [-0.2, 0) is 20.0 Å². The fraction of sp³-hybridized carbons (Fsp3) is 0.636. The van der Waals surface area contributed by atoms with Gasteiger partial charge in [-0.3, -0.25) is 14.6 Å². The number of carbonyl (C=O) groups excluding carboxylic acids is 1. The average molecular weight is 823 g/mol. The van der Waals surface area contributed by atoms with E-state index in [9.17, 15) is 27.5 Å². The maximum Gasteiger partial charge on any atom is 0.404 e. The van der Waals surface area contributed by atoms with Crippen LogP contribution >= 0.6 is 0 Å². The Balaban J connectivity index is 0.860. The number of hydrogen-bond acceptors (Lipinski definition) is 8. The third-order valence-electron chi connectivity index (χ3n) is 14.3. The number of sulfone groups is 1. The molecule has 2 N–H and O–H groups in total. The standard InChI is InChI=1S/C44H60F2N6O5S/c1-32(25-48-18-3-2-4-19-48)41(53)51-26-38(27-51)58(56,57)37-14-12-36(13-15-37)52-29-43(46,30-52)28-50-22-16-33(17-23-50)44(31-49-20-7-21-49,34-8-5-9-35(45)24-34)39-10-6-11-40(39)47-42(54)55/h5,8-9,12-15,24,33,38-40,47H,1-4,6-7,10-11,16-23,25-31H2,(H,54,55)/t39-,40-,44-/m0/s1. The van der Waals surface area contributed by atoms with E-state index in [1.807, 2.05) is 11.0 Å². The zero-order valence-electron chi connectivity index (χ0n) is 33.7. The molecule has 5 heterocycles. The van der Waals surface area contributed by atoms with Gasteiger partial charge in [0.15, 0.2) is 15.5 Å². The Kier molecular flexibility index (Phi) is 11.9. The van der Waals surface area contributed by atoms with E-state index in [0.717, 1.165) is 95.3 Å². The zero-order valence-corrected chi connectivity index (χ0v) is 34.5. The molecule has 2 amide bonds. The number of carbonyl (C=O) groups is 2. The molecule has 2 aromatic carbocycles. The zero-order chi connectivity index (χ0) is 40.7. The van der Waals surface area contributed by atoms with Crippen molar-refractivity contribution in [3.8, 4) is 0 Å². The maximum atomic E-state index is 16.3. The number of hydrogen-bond donors (Lipinski definition) is 2. The normalized spacial score (nSPS) is 26.0. The average Bonchev–Trinajstić information content (AvgIpc) is 3.61. The number of piperidine rings is 2. The summed E-state index contributed by atoms with van der Waals surface area (Å²) in [5, 5.41) is 11.9. The van der Waals surface area contributed by atoms with Gasteiger partial charge in [-0.2, -0.15) is 0 Å². The predicted molar refractivity (Wildman–Crippen MR) is 220 cm³/mol. The first-order chi connectivity index (χ1) is 27.8. The second-order valence-corrected chi connectivity index (χ2v) is 20.4. The highest BCUT2D eigenvalue weighted by molar-refractivity contribution is 7.92. The highest BCUT2D eigenvalue weighted by Gasteiger charge is 2.54. The van der Waals surface area contributed by atoms with Gasteiger partial charge in [0.2, 0.25) is 0 Å². The molecule has 6 aliphatic rings. The molecule has 58 heavy (non-hydrogen) atoms. The molecular formula is C44H60F2N6O5S. The Hall–Kier alpha value is -3.59. The fourth-order valence-corrected chi connectivity index (χ4v) is 12.8. The number of nitrogens with one attached hydrogen (secondary N) is 1. The number of amides is 2. The summed E-state index contributed by atoms with van der Waals surface area (Å²) < 4.78 is 58.2. The second kappa shape index (κ2) is 16.8. The van der Waals surface area contributed by atoms with Crippen LogP contribution in [0.5, 0.6) is 0 Å². The van der Waals surface area contributed by atoms with Crippen molar-refractivity contribution in [2.24, 2.45) is 11.8 Å². The molecule has 8 rings (SSSR count). The Morgan fingerprint density at radius 1 is 0.862 bits per heavy atom. The lowest BCUT2D eigenvalue weighted by Gasteiger charge is -2.54. The van der Waals surface area contributed by atoms with E-state index in [2.05, 4.69) is 26.6 Å². The van der Waals surface area contributed by atoms with Crippen molar-refractivity contribution in [2.45, 2.75) is 85.1 Å². The van der Waals surface area contributed by atoms with E-state index in [0.29, 0.717) is 31.8 Å². The largest absolute Gasteiger partial charge is 0.465 e. The Morgan fingerprint density at radius 2 is 1.55 bits per heavy atom. The van der Waals surface area contributed by atoms with Gasteiger partial charge in [0.25, 0.3) is 5.91 Å². The van der Waals surface area contributed by atoms with Crippen LogP contribution in [0.25, 0.3) is 0 Å². The Labute approximate surface area is 342 Å². The molecule has 0 radical (unpaired) electrons. The summed E-state index contributed by atoms with van der Waals surface area (Å²) >= 11 is 0. The third-order valence-corrected chi connectivity index (χ3v) is 16.4. The van der Waals surface area contributed by atoms with Gasteiger partial charge in [-0.05, 0) is 138 Å². The number of halogens is 2. The molecule has 1 saturated carbocycles. The topological polar surface area (TPSA) is 117 Å². The third kappa shape index (κ3) is 8.40. The summed E-state index contributed by atoms with van der Waals surface area (Å²) in [6, 6.07) is 13.4. The minimum Gasteiger partial charge on any atom is -0.465 e. The maximum absolute atomic E-state index is 16.3. The van der Waals surface area contributed by atoms with Crippen molar-refractivity contribution in [3.05, 3.63) is 72.1 Å². The summed E-state index contributed by atoms with van der Waals surface area (Å²) in [5.41, 5.74) is 0.395. The van der Waals surface area contributed by atoms with Gasteiger partial charge < -0.3 is 25.1 Å². The molecule has 5 aliphatic heterocycles. The molecule has 14 heteroatoms. The van der Waals surface area contributed by atoms with Gasteiger partial charge >= 0.3 is 6.09 Å². The minimum atomic E-state index is -3.63. The molecule has 0 aromatic heterocycles. The minimum absolute atomic E-state index is 0.0314. The van der Waals surface area contributed by atoms with E-state index in [-0.39, 0.29) is 60.7 Å². The monoisotopic (exact) mass is 822 g/mol. The van der Waals surface area contributed by atoms with Crippen LogP contribution in [0, 0.1) is 17.7 Å². The highest BCUT2D eigenvalue weighted by Crippen LogP contribution is 2.51. The van der Waals surface area contributed by atoms with E-state index in [4.69, 9.17) is 0 Å². The van der Waals surface area contributed by atoms with Crippen LogP contribution in [0.1, 0.15) is 63.4 Å². The van der Waals surface area contributed by atoms with Gasteiger partial charge in [0, 0.05) is 55.4 Å². The highest BCUT2D eigenvalue weighted by atomic mass is 32.2. The molecule has 2 aromatic rings. The molecule has 0 bridgehead atoms. The second-order valence-electron chi connectivity index (χ2n) is 18.1. The molecule has 5 saturated heterocycles. The van der Waals surface area contributed by atoms with Crippen molar-refractivity contribution >= 4 is 27.5 Å². The first-order valence-corrected chi connectivity index (χ1v) is 23.1. The van der Waals surface area contributed by atoms with Crippen molar-refractivity contribution in [3.63, 3.8) is 0 Å². The lowest BCUT2D eigenvalue weighted by atomic mass is 9.57.